The van der Waals surface area contributed by atoms with Crippen LogP contribution in [0.15, 0.2) is 72.9 Å². The summed E-state index contributed by atoms with van der Waals surface area (Å²) in [6.45, 7) is 6.82. The number of likely N-dealkylation sites (N-methyl/N-ethyl adjacent to an activating group) is 1. The molecule has 0 aliphatic heterocycles. The first-order valence-corrected chi connectivity index (χ1v) is 29.8. The van der Waals surface area contributed by atoms with Crippen molar-refractivity contribution in [1.82, 2.24) is 5.32 Å². The summed E-state index contributed by atoms with van der Waals surface area (Å²) in [4.78, 5) is 37.5. The van der Waals surface area contributed by atoms with E-state index in [0.717, 1.165) is 96.3 Å². The number of unbranched alkanes of at least 4 members (excludes halogenated alkanes) is 26. The Morgan fingerprint density at radius 3 is 1.52 bits per heavy atom. The van der Waals surface area contributed by atoms with E-state index in [1.54, 1.807) is 0 Å². The lowest BCUT2D eigenvalue weighted by molar-refractivity contribution is -0.870. The molecule has 400 valence electrons. The largest absolute Gasteiger partial charge is 0.472 e. The number of quaternary nitrogens is 1. The number of carbonyl (C=O) groups is 2. The molecule has 3 unspecified atom stereocenters. The van der Waals surface area contributed by atoms with E-state index in [9.17, 15) is 19.0 Å². The van der Waals surface area contributed by atoms with Crippen molar-refractivity contribution in [3.63, 3.8) is 0 Å². The second kappa shape index (κ2) is 49.0. The first-order valence-electron chi connectivity index (χ1n) is 28.3. The minimum Gasteiger partial charge on any atom is -0.456 e. The number of phosphoric ester groups is 1. The van der Waals surface area contributed by atoms with Crippen LogP contribution in [0, 0.1) is 0 Å². The highest BCUT2D eigenvalue weighted by Crippen LogP contribution is 2.43. The summed E-state index contributed by atoms with van der Waals surface area (Å²) in [6.07, 6.45) is 61.8. The summed E-state index contributed by atoms with van der Waals surface area (Å²) in [5.41, 5.74) is 0. The van der Waals surface area contributed by atoms with Gasteiger partial charge >= 0.3 is 13.8 Å². The van der Waals surface area contributed by atoms with Crippen molar-refractivity contribution in [3.8, 4) is 0 Å². The van der Waals surface area contributed by atoms with E-state index in [-0.39, 0.29) is 31.5 Å². The zero-order valence-electron chi connectivity index (χ0n) is 45.5. The van der Waals surface area contributed by atoms with Gasteiger partial charge in [-0.2, -0.15) is 0 Å². The van der Waals surface area contributed by atoms with Crippen molar-refractivity contribution in [2.75, 3.05) is 40.9 Å². The third-order valence-electron chi connectivity index (χ3n) is 12.2. The van der Waals surface area contributed by atoms with Crippen LogP contribution < -0.4 is 5.32 Å². The fourth-order valence-corrected chi connectivity index (χ4v) is 8.53. The summed E-state index contributed by atoms with van der Waals surface area (Å²) in [5, 5.41) is 3.04. The predicted octanol–water partition coefficient (Wildman–Crippen LogP) is 16.9. The van der Waals surface area contributed by atoms with Gasteiger partial charge in [0, 0.05) is 12.8 Å². The van der Waals surface area contributed by atoms with Gasteiger partial charge in [0.05, 0.1) is 33.8 Å². The summed E-state index contributed by atoms with van der Waals surface area (Å²) >= 11 is 0. The minimum absolute atomic E-state index is 0.0333. The smallest absolute Gasteiger partial charge is 0.456 e. The van der Waals surface area contributed by atoms with Crippen LogP contribution in [-0.2, 0) is 27.9 Å². The Morgan fingerprint density at radius 1 is 0.536 bits per heavy atom. The Kier molecular flexibility index (Phi) is 47.2. The quantitative estimate of drug-likeness (QED) is 0.0156. The molecule has 0 aromatic rings. The molecule has 0 bridgehead atoms. The van der Waals surface area contributed by atoms with Gasteiger partial charge in [-0.3, -0.25) is 18.6 Å². The molecule has 0 heterocycles. The molecule has 69 heavy (non-hydrogen) atoms. The fourth-order valence-electron chi connectivity index (χ4n) is 7.79. The van der Waals surface area contributed by atoms with E-state index >= 15 is 0 Å². The van der Waals surface area contributed by atoms with Crippen LogP contribution in [0.2, 0.25) is 0 Å². The van der Waals surface area contributed by atoms with Crippen LogP contribution in [0.5, 0.6) is 0 Å². The van der Waals surface area contributed by atoms with Crippen LogP contribution in [0.3, 0.4) is 0 Å². The molecule has 9 nitrogen and oxygen atoms in total. The van der Waals surface area contributed by atoms with Crippen LogP contribution in [-0.4, -0.2) is 74.3 Å². The summed E-state index contributed by atoms with van der Waals surface area (Å²) in [6, 6.07) is -0.860. The van der Waals surface area contributed by atoms with E-state index in [1.165, 1.54) is 103 Å². The van der Waals surface area contributed by atoms with Gasteiger partial charge in [0.2, 0.25) is 5.91 Å². The number of nitrogens with one attached hydrogen (secondary N) is 1. The number of nitrogens with zero attached hydrogens (tertiary/aromatic N) is 1. The van der Waals surface area contributed by atoms with E-state index in [2.05, 4.69) is 86.8 Å². The van der Waals surface area contributed by atoms with Crippen molar-refractivity contribution >= 4 is 19.7 Å². The lowest BCUT2D eigenvalue weighted by atomic mass is 10.0. The summed E-state index contributed by atoms with van der Waals surface area (Å²) in [7, 11) is 1.47. The molecular weight excluding hydrogens is 880 g/mol. The van der Waals surface area contributed by atoms with E-state index < -0.39 is 20.0 Å². The number of esters is 1. The molecule has 0 saturated heterocycles. The van der Waals surface area contributed by atoms with Crippen molar-refractivity contribution in [2.24, 2.45) is 0 Å². The molecule has 0 spiro atoms. The summed E-state index contributed by atoms with van der Waals surface area (Å²) in [5.74, 6) is -0.537. The zero-order valence-corrected chi connectivity index (χ0v) is 46.4. The SMILES string of the molecule is CC/C=C/C=C/C=C\CCCCCCCC(=O)OC(/C=C\CCCCCCCCCCC)C(COP(=O)(O)OCC[N+](C)(C)C)NC(=O)CCCCCCCCCCC/C=C\C/C=C\CCCCC. The normalized spacial score (nSPS) is 14.4. The number of carbonyl (C=O) groups excluding carboxylic acids is 2. The van der Waals surface area contributed by atoms with Gasteiger partial charge in [-0.25, -0.2) is 4.57 Å². The van der Waals surface area contributed by atoms with Gasteiger partial charge in [0.15, 0.2) is 0 Å². The molecule has 0 aromatic heterocycles. The van der Waals surface area contributed by atoms with E-state index in [4.69, 9.17) is 13.8 Å². The molecule has 0 saturated carbocycles. The van der Waals surface area contributed by atoms with Gasteiger partial charge in [0.25, 0.3) is 0 Å². The van der Waals surface area contributed by atoms with Crippen LogP contribution in [0.4, 0.5) is 0 Å². The average Bonchev–Trinajstić information content (AvgIpc) is 3.31. The highest BCUT2D eigenvalue weighted by atomic mass is 31.2. The third kappa shape index (κ3) is 50.2. The number of amides is 1. The van der Waals surface area contributed by atoms with Gasteiger partial charge in [-0.15, -0.1) is 0 Å². The Morgan fingerprint density at radius 2 is 0.986 bits per heavy atom. The van der Waals surface area contributed by atoms with Crippen molar-refractivity contribution in [2.45, 2.75) is 251 Å². The lowest BCUT2D eigenvalue weighted by Crippen LogP contribution is -2.47. The van der Waals surface area contributed by atoms with E-state index in [1.807, 2.05) is 33.3 Å². The molecule has 0 radical (unpaired) electrons. The molecule has 0 fully saturated rings. The van der Waals surface area contributed by atoms with Gasteiger partial charge < -0.3 is 19.4 Å². The number of rotatable bonds is 50. The maximum Gasteiger partial charge on any atom is 0.472 e. The van der Waals surface area contributed by atoms with Crippen molar-refractivity contribution < 1.29 is 37.3 Å². The molecule has 0 rings (SSSR count). The second-order valence-corrected chi connectivity index (χ2v) is 21.6. The fraction of sp³-hybridized carbons (Fsp3) is 0.763. The van der Waals surface area contributed by atoms with Gasteiger partial charge in [-0.1, -0.05) is 216 Å². The number of phosphoric acid groups is 1. The van der Waals surface area contributed by atoms with E-state index in [0.29, 0.717) is 23.9 Å². The Hall–Kier alpha value is -2.55. The molecule has 0 aromatic carbocycles. The molecule has 3 atom stereocenters. The highest BCUT2D eigenvalue weighted by Gasteiger charge is 2.30. The molecule has 2 N–H and O–H groups in total. The number of hydrogen-bond donors (Lipinski definition) is 2. The highest BCUT2D eigenvalue weighted by molar-refractivity contribution is 7.47. The topological polar surface area (TPSA) is 111 Å². The van der Waals surface area contributed by atoms with Gasteiger partial charge in [0.1, 0.15) is 19.3 Å². The molecule has 1 amide bonds. The third-order valence-corrected chi connectivity index (χ3v) is 13.2. The second-order valence-electron chi connectivity index (χ2n) is 20.1. The minimum atomic E-state index is -4.45. The number of ether oxygens (including phenoxy) is 1. The van der Waals surface area contributed by atoms with Crippen LogP contribution in [0.1, 0.15) is 239 Å². The predicted molar refractivity (Wildman–Crippen MR) is 295 cm³/mol. The van der Waals surface area contributed by atoms with Crippen molar-refractivity contribution in [3.05, 3.63) is 72.9 Å². The standard InChI is InChI=1S/C59H107N2O7P/c1-7-10-13-16-19-22-25-27-28-29-30-31-32-34-36-39-42-45-48-51-58(62)60-56(55-67-69(64,65)66-54-53-61(4,5)6)57(50-47-44-41-38-35-24-21-18-15-12-9-3)68-59(63)52-49-46-43-40-37-33-26-23-20-17-14-11-8-2/h11,14,17,19-20,22-23,26-28,47,50,56-57H,7-10,12-13,15-16,18,21,24-25,29-46,48-49,51-55H2,1-6H3,(H-,60,62,64,65)/p+1/b14-11+,20-17+,22-19-,26-23-,28-27-,50-47-. The molecule has 10 heteroatoms. The molecule has 0 aliphatic carbocycles. The van der Waals surface area contributed by atoms with Crippen molar-refractivity contribution in [1.29, 1.82) is 0 Å². The molecular formula is C59H108N2O7P+. The number of hydrogen-bond acceptors (Lipinski definition) is 6. The lowest BCUT2D eigenvalue weighted by Gasteiger charge is -2.27. The van der Waals surface area contributed by atoms with Crippen LogP contribution in [0.25, 0.3) is 0 Å². The maximum absolute atomic E-state index is 13.5. The monoisotopic (exact) mass is 988 g/mol. The summed E-state index contributed by atoms with van der Waals surface area (Å²) < 4.78 is 30.5. The zero-order chi connectivity index (χ0) is 50.8. The maximum atomic E-state index is 13.5. The molecule has 0 aliphatic rings. The Bertz CT molecular complexity index is 1420. The Labute approximate surface area is 425 Å². The average molecular weight is 988 g/mol. The van der Waals surface area contributed by atoms with Crippen LogP contribution >= 0.6 is 7.82 Å². The first-order chi connectivity index (χ1) is 33.4. The number of allylic oxidation sites excluding steroid dienone is 11. The first kappa shape index (κ1) is 66.5. The van der Waals surface area contributed by atoms with Gasteiger partial charge in [-0.05, 0) is 83.1 Å². The Balaban J connectivity index is 5.31.